The minimum Gasteiger partial charge on any atom is -0.392 e. The molecule has 7 nitrogen and oxygen atoms in total. The van der Waals surface area contributed by atoms with Gasteiger partial charge in [0.15, 0.2) is 0 Å². The largest absolute Gasteiger partial charge is 0.392 e. The summed E-state index contributed by atoms with van der Waals surface area (Å²) in [6.07, 6.45) is 0.962. The molecule has 1 fully saturated rings. The van der Waals surface area contributed by atoms with Crippen LogP contribution in [0.15, 0.2) is 11.1 Å². The predicted molar refractivity (Wildman–Crippen MR) is 57.3 cm³/mol. The molecule has 16 heavy (non-hydrogen) atoms. The van der Waals surface area contributed by atoms with Crippen LogP contribution in [-0.2, 0) is 5.11 Å². The Morgan fingerprint density at radius 1 is 1.69 bits per heavy atom. The molecule has 1 radical (unpaired) electrons. The van der Waals surface area contributed by atoms with Crippen molar-refractivity contribution in [2.24, 2.45) is 0 Å². The van der Waals surface area contributed by atoms with Crippen molar-refractivity contribution in [2.75, 3.05) is 12.3 Å². The molecule has 3 atom stereocenters. The molecule has 1 aliphatic heterocycles. The van der Waals surface area contributed by atoms with Crippen molar-refractivity contribution in [1.29, 1.82) is 0 Å². The standard InChI is InChI=1S/C8H11N4O3S/c9-7-10-3-12(8(15)11-7)6-1-4(14)5(2-13)16-6/h3-6,14H,1-2H2,(H2,9,11,15)/t4-,5+,6+/m0/s1. The molecule has 0 aliphatic carbocycles. The number of nitrogens with zero attached hydrogens (tertiary/aromatic N) is 3. The number of hydrogen-bond acceptors (Lipinski definition) is 6. The molecule has 0 spiro atoms. The van der Waals surface area contributed by atoms with Gasteiger partial charge < -0.3 is 10.8 Å². The van der Waals surface area contributed by atoms with Gasteiger partial charge in [0.2, 0.25) is 5.95 Å². The van der Waals surface area contributed by atoms with Crippen LogP contribution in [0.5, 0.6) is 0 Å². The summed E-state index contributed by atoms with van der Waals surface area (Å²) in [5, 5.41) is 19.6. The summed E-state index contributed by atoms with van der Waals surface area (Å²) in [7, 11) is 0. The van der Waals surface area contributed by atoms with Crippen molar-refractivity contribution in [3.05, 3.63) is 16.8 Å². The van der Waals surface area contributed by atoms with Crippen molar-refractivity contribution in [2.45, 2.75) is 23.1 Å². The van der Waals surface area contributed by atoms with Crippen LogP contribution in [0.1, 0.15) is 11.8 Å². The second kappa shape index (κ2) is 4.40. The summed E-state index contributed by atoms with van der Waals surface area (Å²) in [6.45, 7) is -0.368. The van der Waals surface area contributed by atoms with Crippen molar-refractivity contribution >= 4 is 17.7 Å². The van der Waals surface area contributed by atoms with Gasteiger partial charge in [0, 0.05) is 6.42 Å². The molecule has 0 amide bonds. The van der Waals surface area contributed by atoms with Gasteiger partial charge >= 0.3 is 5.69 Å². The quantitative estimate of drug-likeness (QED) is 0.689. The van der Waals surface area contributed by atoms with Gasteiger partial charge in [-0.1, -0.05) is 0 Å². The van der Waals surface area contributed by atoms with Crippen molar-refractivity contribution in [3.8, 4) is 0 Å². The summed E-state index contributed by atoms with van der Waals surface area (Å²) in [5.41, 5.74) is 4.75. The zero-order valence-electron chi connectivity index (χ0n) is 8.31. The van der Waals surface area contributed by atoms with E-state index in [1.54, 1.807) is 0 Å². The second-order valence-electron chi connectivity index (χ2n) is 3.50. The van der Waals surface area contributed by atoms with Gasteiger partial charge in [-0.05, 0) is 0 Å². The zero-order valence-corrected chi connectivity index (χ0v) is 9.13. The van der Waals surface area contributed by atoms with E-state index in [9.17, 15) is 15.0 Å². The smallest absolute Gasteiger partial charge is 0.353 e. The Kier molecular flexibility index (Phi) is 3.13. The third-order valence-corrected chi connectivity index (χ3v) is 3.96. The Bertz CT molecular complexity index is 438. The molecule has 0 bridgehead atoms. The van der Waals surface area contributed by atoms with Crippen LogP contribution < -0.4 is 11.4 Å². The summed E-state index contributed by atoms with van der Waals surface area (Å²) in [6, 6.07) is 0. The van der Waals surface area contributed by atoms with Crippen LogP contribution in [0.2, 0.25) is 0 Å². The monoisotopic (exact) mass is 243 g/mol. The molecule has 1 saturated heterocycles. The number of hydrogen-bond donors (Lipinski definition) is 2. The van der Waals surface area contributed by atoms with Crippen LogP contribution in [0.25, 0.3) is 0 Å². The fourth-order valence-electron chi connectivity index (χ4n) is 1.59. The minimum absolute atomic E-state index is 0.0785. The maximum Gasteiger partial charge on any atom is 0.353 e. The minimum atomic E-state index is -0.683. The van der Waals surface area contributed by atoms with Gasteiger partial charge in [-0.15, -0.1) is 11.8 Å². The van der Waals surface area contributed by atoms with Gasteiger partial charge in [-0.25, -0.2) is 14.9 Å². The van der Waals surface area contributed by atoms with E-state index in [0.29, 0.717) is 6.42 Å². The normalized spacial score (nSPS) is 29.5. The third-order valence-electron chi connectivity index (χ3n) is 2.42. The molecule has 1 aromatic rings. The first-order chi connectivity index (χ1) is 7.61. The second-order valence-corrected chi connectivity index (χ2v) is 4.93. The number of rotatable bonds is 2. The molecule has 0 saturated carbocycles. The predicted octanol–water partition coefficient (Wildman–Crippen LogP) is -0.984. The van der Waals surface area contributed by atoms with E-state index in [0.717, 1.165) is 0 Å². The van der Waals surface area contributed by atoms with Crippen LogP contribution in [0.4, 0.5) is 5.95 Å². The van der Waals surface area contributed by atoms with Gasteiger partial charge in [-0.2, -0.15) is 4.98 Å². The summed E-state index contributed by atoms with van der Waals surface area (Å²) in [5.74, 6) is -0.0785. The molecule has 1 aliphatic rings. The summed E-state index contributed by atoms with van der Waals surface area (Å²) < 4.78 is 1.29. The first-order valence-electron chi connectivity index (χ1n) is 4.74. The Hall–Kier alpha value is -1.12. The average Bonchev–Trinajstić information content (AvgIpc) is 2.59. The van der Waals surface area contributed by atoms with Gasteiger partial charge in [0.05, 0.1) is 23.3 Å². The molecule has 87 valence electrons. The van der Waals surface area contributed by atoms with E-state index in [-0.39, 0.29) is 23.2 Å². The lowest BCUT2D eigenvalue weighted by Crippen LogP contribution is -2.26. The number of aromatic nitrogens is 3. The molecule has 0 aromatic carbocycles. The van der Waals surface area contributed by atoms with E-state index in [2.05, 4.69) is 9.97 Å². The summed E-state index contributed by atoms with van der Waals surface area (Å²) in [4.78, 5) is 18.7. The highest BCUT2D eigenvalue weighted by molar-refractivity contribution is 8.00. The van der Waals surface area contributed by atoms with Gasteiger partial charge in [-0.3, -0.25) is 4.57 Å². The summed E-state index contributed by atoms with van der Waals surface area (Å²) >= 11 is 1.27. The average molecular weight is 243 g/mol. The van der Waals surface area contributed by atoms with E-state index < -0.39 is 11.8 Å². The lowest BCUT2D eigenvalue weighted by molar-refractivity contribution is 0.111. The Morgan fingerprint density at radius 3 is 3.00 bits per heavy atom. The van der Waals surface area contributed by atoms with E-state index >= 15 is 0 Å². The molecular formula is C8H11N4O3S. The Labute approximate surface area is 95.3 Å². The van der Waals surface area contributed by atoms with E-state index in [1.807, 2.05) is 0 Å². The van der Waals surface area contributed by atoms with E-state index in [4.69, 9.17) is 5.73 Å². The molecule has 0 unspecified atom stereocenters. The molecule has 1 aromatic heterocycles. The molecule has 3 N–H and O–H groups in total. The van der Waals surface area contributed by atoms with Gasteiger partial charge in [0.25, 0.3) is 0 Å². The van der Waals surface area contributed by atoms with Crippen LogP contribution in [0.3, 0.4) is 0 Å². The lowest BCUT2D eigenvalue weighted by Gasteiger charge is -2.11. The zero-order chi connectivity index (χ0) is 11.7. The first-order valence-corrected chi connectivity index (χ1v) is 5.68. The first kappa shape index (κ1) is 11.4. The number of aliphatic hydroxyl groups excluding tert-OH is 1. The highest BCUT2D eigenvalue weighted by atomic mass is 32.2. The lowest BCUT2D eigenvalue weighted by atomic mass is 10.2. The molecular weight excluding hydrogens is 232 g/mol. The number of thioether (sulfide) groups is 1. The molecule has 2 heterocycles. The van der Waals surface area contributed by atoms with Gasteiger partial charge in [0.1, 0.15) is 6.33 Å². The Morgan fingerprint density at radius 2 is 2.44 bits per heavy atom. The number of aliphatic hydroxyl groups is 1. The number of anilines is 1. The third kappa shape index (κ3) is 2.04. The molecule has 2 rings (SSSR count). The van der Waals surface area contributed by atoms with Crippen molar-refractivity contribution in [1.82, 2.24) is 14.5 Å². The van der Waals surface area contributed by atoms with Crippen molar-refractivity contribution < 1.29 is 10.2 Å². The SMILES string of the molecule is Nc1ncn([C@H]2C[C@H](O)[C@@H](C[O])S2)c(=O)n1. The number of nitrogens with two attached hydrogens (primary N) is 1. The highest BCUT2D eigenvalue weighted by Crippen LogP contribution is 2.40. The van der Waals surface area contributed by atoms with Crippen LogP contribution in [0, 0.1) is 0 Å². The van der Waals surface area contributed by atoms with Crippen LogP contribution >= 0.6 is 11.8 Å². The Balaban J connectivity index is 2.23. The van der Waals surface area contributed by atoms with Crippen molar-refractivity contribution in [3.63, 3.8) is 0 Å². The number of nitrogen functional groups attached to an aromatic ring is 1. The topological polar surface area (TPSA) is 114 Å². The highest BCUT2D eigenvalue weighted by Gasteiger charge is 2.35. The molecule has 8 heteroatoms. The fraction of sp³-hybridized carbons (Fsp3) is 0.625. The van der Waals surface area contributed by atoms with Crippen LogP contribution in [-0.4, -0.2) is 37.6 Å². The maximum absolute atomic E-state index is 11.5. The fourth-order valence-corrected chi connectivity index (χ4v) is 2.95. The van der Waals surface area contributed by atoms with E-state index in [1.165, 1.54) is 22.7 Å². The maximum atomic E-state index is 11.5.